The number of nitrogens with zero attached hydrogens (tertiary/aromatic N) is 1. The Morgan fingerprint density at radius 3 is 2.35 bits per heavy atom. The van der Waals surface area contributed by atoms with Crippen molar-refractivity contribution in [2.45, 2.75) is 38.1 Å². The quantitative estimate of drug-likeness (QED) is 0.872. The Morgan fingerprint density at radius 1 is 1.40 bits per heavy atom. The first-order chi connectivity index (χ1) is 9.05. The lowest BCUT2D eigenvalue weighted by Crippen LogP contribution is -2.52. The Kier molecular flexibility index (Phi) is 4.99. The normalized spacial score (nSPS) is 12.7. The van der Waals surface area contributed by atoms with E-state index in [2.05, 4.69) is 15.9 Å². The minimum absolute atomic E-state index is 0.0688. The standard InChI is InChI=1S/C13H18BrNO4S/c1-5-15(13(3,4)12(16)17)20(18,19)11-7-6-9(2)8-10(11)14/h6-8H,5H2,1-4H3,(H,16,17). The number of carbonyl (C=O) groups is 1. The molecule has 0 fully saturated rings. The zero-order chi connectivity index (χ0) is 15.7. The Labute approximate surface area is 127 Å². The summed E-state index contributed by atoms with van der Waals surface area (Å²) in [7, 11) is -3.90. The summed E-state index contributed by atoms with van der Waals surface area (Å²) in [5.74, 6) is -1.19. The van der Waals surface area contributed by atoms with Crippen LogP contribution < -0.4 is 0 Å². The number of rotatable bonds is 5. The van der Waals surface area contributed by atoms with E-state index < -0.39 is 21.5 Å². The summed E-state index contributed by atoms with van der Waals surface area (Å²) in [5, 5.41) is 9.25. The third kappa shape index (κ3) is 3.05. The van der Waals surface area contributed by atoms with Crippen molar-refractivity contribution in [3.05, 3.63) is 28.2 Å². The first kappa shape index (κ1) is 17.1. The zero-order valence-electron chi connectivity index (χ0n) is 11.8. The van der Waals surface area contributed by atoms with E-state index in [0.29, 0.717) is 4.47 Å². The van der Waals surface area contributed by atoms with Gasteiger partial charge in [-0.2, -0.15) is 4.31 Å². The van der Waals surface area contributed by atoms with Crippen LogP contribution in [0.15, 0.2) is 27.6 Å². The molecule has 0 aliphatic carbocycles. The molecule has 1 aromatic carbocycles. The molecule has 5 nitrogen and oxygen atoms in total. The van der Waals surface area contributed by atoms with E-state index in [1.165, 1.54) is 19.9 Å². The van der Waals surface area contributed by atoms with Crippen molar-refractivity contribution in [1.29, 1.82) is 0 Å². The average molecular weight is 364 g/mol. The first-order valence-electron chi connectivity index (χ1n) is 6.07. The summed E-state index contributed by atoms with van der Waals surface area (Å²) in [6.45, 7) is 6.28. The van der Waals surface area contributed by atoms with Crippen LogP contribution in [0.2, 0.25) is 0 Å². The van der Waals surface area contributed by atoms with Gasteiger partial charge in [0.15, 0.2) is 0 Å². The van der Waals surface area contributed by atoms with Gasteiger partial charge in [-0.1, -0.05) is 13.0 Å². The van der Waals surface area contributed by atoms with Crippen LogP contribution in [0.25, 0.3) is 0 Å². The second kappa shape index (κ2) is 5.83. The van der Waals surface area contributed by atoms with E-state index in [0.717, 1.165) is 9.87 Å². The van der Waals surface area contributed by atoms with Crippen molar-refractivity contribution in [3.8, 4) is 0 Å². The molecule has 0 saturated carbocycles. The zero-order valence-corrected chi connectivity index (χ0v) is 14.2. The van der Waals surface area contributed by atoms with Gasteiger partial charge >= 0.3 is 5.97 Å². The topological polar surface area (TPSA) is 74.7 Å². The van der Waals surface area contributed by atoms with Crippen LogP contribution in [-0.4, -0.2) is 35.9 Å². The largest absolute Gasteiger partial charge is 0.480 e. The van der Waals surface area contributed by atoms with Crippen LogP contribution in [0.3, 0.4) is 0 Å². The molecule has 0 saturated heterocycles. The van der Waals surface area contributed by atoms with Crippen LogP contribution in [0.5, 0.6) is 0 Å². The molecule has 1 N–H and O–H groups in total. The number of sulfonamides is 1. The number of hydrogen-bond donors (Lipinski definition) is 1. The molecule has 0 bridgehead atoms. The van der Waals surface area contributed by atoms with Gasteiger partial charge in [0.05, 0.1) is 4.90 Å². The lowest BCUT2D eigenvalue weighted by Gasteiger charge is -2.33. The molecule has 1 rings (SSSR count). The number of aliphatic carboxylic acids is 1. The van der Waals surface area contributed by atoms with E-state index in [-0.39, 0.29) is 11.4 Å². The minimum Gasteiger partial charge on any atom is -0.480 e. The van der Waals surface area contributed by atoms with Crippen molar-refractivity contribution >= 4 is 31.9 Å². The van der Waals surface area contributed by atoms with Gasteiger partial charge in [-0.3, -0.25) is 4.79 Å². The summed E-state index contributed by atoms with van der Waals surface area (Å²) >= 11 is 3.23. The number of aryl methyl sites for hydroxylation is 1. The molecule has 112 valence electrons. The molecule has 0 aliphatic heterocycles. The molecule has 20 heavy (non-hydrogen) atoms. The smallest absolute Gasteiger partial charge is 0.324 e. The number of hydrogen-bond acceptors (Lipinski definition) is 3. The second-order valence-electron chi connectivity index (χ2n) is 4.97. The number of likely N-dealkylation sites (N-methyl/N-ethyl adjacent to an activating group) is 1. The van der Waals surface area contributed by atoms with Crippen LogP contribution in [-0.2, 0) is 14.8 Å². The molecule has 0 aromatic heterocycles. The maximum Gasteiger partial charge on any atom is 0.324 e. The fourth-order valence-corrected chi connectivity index (χ4v) is 4.81. The highest BCUT2D eigenvalue weighted by Crippen LogP contribution is 2.30. The van der Waals surface area contributed by atoms with Gasteiger partial charge in [0.1, 0.15) is 5.54 Å². The molecule has 0 unspecified atom stereocenters. The summed E-state index contributed by atoms with van der Waals surface area (Å²) in [6, 6.07) is 4.85. The lowest BCUT2D eigenvalue weighted by molar-refractivity contribution is -0.146. The molecule has 0 amide bonds. The third-order valence-electron chi connectivity index (χ3n) is 3.09. The van der Waals surface area contributed by atoms with Gasteiger partial charge in [0.2, 0.25) is 10.0 Å². The highest BCUT2D eigenvalue weighted by molar-refractivity contribution is 9.10. The van der Waals surface area contributed by atoms with Crippen molar-refractivity contribution < 1.29 is 18.3 Å². The molecular formula is C13H18BrNO4S. The molecule has 0 atom stereocenters. The number of halogens is 1. The SMILES string of the molecule is CCN(C(C)(C)C(=O)O)S(=O)(=O)c1ccc(C)cc1Br. The molecule has 0 heterocycles. The number of carboxylic acid groups (broad SMARTS) is 1. The van der Waals surface area contributed by atoms with E-state index in [1.807, 2.05) is 6.92 Å². The molecule has 0 aliphatic rings. The molecule has 0 radical (unpaired) electrons. The van der Waals surface area contributed by atoms with Gasteiger partial charge < -0.3 is 5.11 Å². The number of carboxylic acids is 1. The molecule has 1 aromatic rings. The fraction of sp³-hybridized carbons (Fsp3) is 0.462. The van der Waals surface area contributed by atoms with Gasteiger partial charge in [-0.25, -0.2) is 8.42 Å². The maximum absolute atomic E-state index is 12.7. The minimum atomic E-state index is -3.90. The first-order valence-corrected chi connectivity index (χ1v) is 8.30. The van der Waals surface area contributed by atoms with Crippen LogP contribution in [0.4, 0.5) is 0 Å². The Hall–Kier alpha value is -0.920. The Balaban J connectivity index is 3.44. The van der Waals surface area contributed by atoms with Crippen molar-refractivity contribution in [3.63, 3.8) is 0 Å². The predicted molar refractivity (Wildman–Crippen MR) is 80.2 cm³/mol. The highest BCUT2D eigenvalue weighted by atomic mass is 79.9. The third-order valence-corrected chi connectivity index (χ3v) is 6.21. The summed E-state index contributed by atoms with van der Waals surface area (Å²) in [6.07, 6.45) is 0. The maximum atomic E-state index is 12.7. The number of benzene rings is 1. The van der Waals surface area contributed by atoms with E-state index in [1.54, 1.807) is 19.1 Å². The van der Waals surface area contributed by atoms with Crippen molar-refractivity contribution in [2.75, 3.05) is 6.54 Å². The van der Waals surface area contributed by atoms with Crippen LogP contribution in [0.1, 0.15) is 26.3 Å². The van der Waals surface area contributed by atoms with Gasteiger partial charge in [0, 0.05) is 11.0 Å². The monoisotopic (exact) mass is 363 g/mol. The Bertz CT molecular complexity index is 625. The molecule has 7 heteroatoms. The lowest BCUT2D eigenvalue weighted by atomic mass is 10.1. The second-order valence-corrected chi connectivity index (χ2v) is 7.65. The highest BCUT2D eigenvalue weighted by Gasteiger charge is 2.42. The summed E-state index contributed by atoms with van der Waals surface area (Å²) in [4.78, 5) is 11.4. The summed E-state index contributed by atoms with van der Waals surface area (Å²) in [5.41, 5.74) is -0.603. The van der Waals surface area contributed by atoms with E-state index >= 15 is 0 Å². The van der Waals surface area contributed by atoms with E-state index in [4.69, 9.17) is 0 Å². The molecular weight excluding hydrogens is 346 g/mol. The fourth-order valence-electron chi connectivity index (χ4n) is 1.91. The molecule has 0 spiro atoms. The Morgan fingerprint density at radius 2 is 1.95 bits per heavy atom. The van der Waals surface area contributed by atoms with Gasteiger partial charge in [-0.15, -0.1) is 0 Å². The van der Waals surface area contributed by atoms with Gasteiger partial charge in [0.25, 0.3) is 0 Å². The van der Waals surface area contributed by atoms with E-state index in [9.17, 15) is 18.3 Å². The average Bonchev–Trinajstić information content (AvgIpc) is 2.27. The van der Waals surface area contributed by atoms with Crippen molar-refractivity contribution in [1.82, 2.24) is 4.31 Å². The van der Waals surface area contributed by atoms with Crippen molar-refractivity contribution in [2.24, 2.45) is 0 Å². The van der Waals surface area contributed by atoms with Gasteiger partial charge in [-0.05, 0) is 54.4 Å². The van der Waals surface area contributed by atoms with Crippen LogP contribution in [0, 0.1) is 6.92 Å². The van der Waals surface area contributed by atoms with Crippen LogP contribution >= 0.6 is 15.9 Å². The predicted octanol–water partition coefficient (Wildman–Crippen LogP) is 2.63. The summed E-state index contributed by atoms with van der Waals surface area (Å²) < 4.78 is 26.8.